The third-order valence-electron chi connectivity index (χ3n) is 2.13. The van der Waals surface area contributed by atoms with Crippen molar-refractivity contribution in [2.45, 2.75) is 20.3 Å². The van der Waals surface area contributed by atoms with Crippen LogP contribution in [-0.4, -0.2) is 28.9 Å². The molecule has 0 aromatic carbocycles. The molecule has 1 rings (SSSR count). The Bertz CT molecular complexity index is 363. The summed E-state index contributed by atoms with van der Waals surface area (Å²) in [5, 5.41) is 7.28. The van der Waals surface area contributed by atoms with E-state index in [0.717, 1.165) is 10.1 Å². The molecule has 0 saturated carbocycles. The number of halogens is 1. The molecule has 94 valence electrons. The molecule has 0 spiro atoms. The molecule has 0 saturated heterocycles. The van der Waals surface area contributed by atoms with E-state index in [1.807, 2.05) is 0 Å². The van der Waals surface area contributed by atoms with E-state index in [2.05, 4.69) is 51.3 Å². The highest BCUT2D eigenvalue weighted by molar-refractivity contribution is 14.1. The van der Waals surface area contributed by atoms with Crippen LogP contribution >= 0.6 is 22.6 Å². The SMILES string of the molecule is CC(C)CN(CCC(=N)N)c1ncc(I)cn1. The highest BCUT2D eigenvalue weighted by atomic mass is 127. The lowest BCUT2D eigenvalue weighted by atomic mass is 10.2. The van der Waals surface area contributed by atoms with Crippen molar-refractivity contribution in [1.29, 1.82) is 5.41 Å². The Morgan fingerprint density at radius 3 is 2.53 bits per heavy atom. The lowest BCUT2D eigenvalue weighted by Crippen LogP contribution is -2.32. The Labute approximate surface area is 115 Å². The Kier molecular flexibility index (Phi) is 5.60. The first-order valence-corrected chi connectivity index (χ1v) is 6.62. The fourth-order valence-corrected chi connectivity index (χ4v) is 1.72. The van der Waals surface area contributed by atoms with Crippen molar-refractivity contribution in [2.24, 2.45) is 11.7 Å². The van der Waals surface area contributed by atoms with Gasteiger partial charge in [-0.3, -0.25) is 5.41 Å². The van der Waals surface area contributed by atoms with Crippen LogP contribution in [0, 0.1) is 14.9 Å². The lowest BCUT2D eigenvalue weighted by Gasteiger charge is -2.24. The molecule has 0 radical (unpaired) electrons. The topological polar surface area (TPSA) is 78.9 Å². The largest absolute Gasteiger partial charge is 0.388 e. The van der Waals surface area contributed by atoms with Gasteiger partial charge < -0.3 is 10.6 Å². The Morgan fingerprint density at radius 1 is 1.47 bits per heavy atom. The van der Waals surface area contributed by atoms with E-state index in [1.54, 1.807) is 12.4 Å². The molecule has 1 heterocycles. The standard InChI is InChI=1S/C11H18IN5/c1-8(2)7-17(4-3-10(13)14)11-15-5-9(12)6-16-11/h5-6,8H,3-4,7H2,1-2H3,(H3,13,14). The highest BCUT2D eigenvalue weighted by Crippen LogP contribution is 2.11. The summed E-state index contributed by atoms with van der Waals surface area (Å²) in [6, 6.07) is 0. The van der Waals surface area contributed by atoms with E-state index in [-0.39, 0.29) is 5.84 Å². The van der Waals surface area contributed by atoms with Crippen LogP contribution in [-0.2, 0) is 0 Å². The second-order valence-electron chi connectivity index (χ2n) is 4.32. The first-order valence-electron chi connectivity index (χ1n) is 5.54. The molecule has 0 amide bonds. The van der Waals surface area contributed by atoms with Gasteiger partial charge in [-0.25, -0.2) is 9.97 Å². The fraction of sp³-hybridized carbons (Fsp3) is 0.545. The second kappa shape index (κ2) is 6.73. The summed E-state index contributed by atoms with van der Waals surface area (Å²) in [5.74, 6) is 1.43. The van der Waals surface area contributed by atoms with Gasteiger partial charge in [0.1, 0.15) is 0 Å². The van der Waals surface area contributed by atoms with Crippen LogP contribution in [0.1, 0.15) is 20.3 Å². The number of hydrogen-bond donors (Lipinski definition) is 2. The minimum absolute atomic E-state index is 0.198. The second-order valence-corrected chi connectivity index (χ2v) is 5.56. The summed E-state index contributed by atoms with van der Waals surface area (Å²) in [4.78, 5) is 10.7. The monoisotopic (exact) mass is 347 g/mol. The van der Waals surface area contributed by atoms with Crippen molar-refractivity contribution >= 4 is 34.4 Å². The van der Waals surface area contributed by atoms with Crippen LogP contribution in [0.15, 0.2) is 12.4 Å². The summed E-state index contributed by atoms with van der Waals surface area (Å²) >= 11 is 2.18. The molecular weight excluding hydrogens is 329 g/mol. The third kappa shape index (κ3) is 5.29. The highest BCUT2D eigenvalue weighted by Gasteiger charge is 2.11. The molecule has 0 aliphatic carbocycles. The molecule has 0 aliphatic heterocycles. The van der Waals surface area contributed by atoms with Crippen molar-refractivity contribution in [3.8, 4) is 0 Å². The summed E-state index contributed by atoms with van der Waals surface area (Å²) in [6.07, 6.45) is 4.13. The maximum absolute atomic E-state index is 7.28. The smallest absolute Gasteiger partial charge is 0.225 e. The summed E-state index contributed by atoms with van der Waals surface area (Å²) in [7, 11) is 0. The molecule has 6 heteroatoms. The van der Waals surface area contributed by atoms with E-state index in [4.69, 9.17) is 11.1 Å². The molecule has 0 aliphatic rings. The predicted octanol–water partition coefficient (Wildman–Crippen LogP) is 1.87. The number of hydrogen-bond acceptors (Lipinski definition) is 4. The van der Waals surface area contributed by atoms with Gasteiger partial charge in [0.2, 0.25) is 5.95 Å². The zero-order valence-corrected chi connectivity index (χ0v) is 12.3. The number of amidine groups is 1. The number of nitrogens with two attached hydrogens (primary N) is 1. The molecule has 0 bridgehead atoms. The van der Waals surface area contributed by atoms with Crippen molar-refractivity contribution in [3.63, 3.8) is 0 Å². The number of nitrogens with zero attached hydrogens (tertiary/aromatic N) is 3. The molecule has 1 aromatic heterocycles. The van der Waals surface area contributed by atoms with Gasteiger partial charge in [-0.1, -0.05) is 13.8 Å². The summed E-state index contributed by atoms with van der Waals surface area (Å²) in [5.41, 5.74) is 5.39. The predicted molar refractivity (Wildman–Crippen MR) is 78.3 cm³/mol. The fourth-order valence-electron chi connectivity index (χ4n) is 1.44. The van der Waals surface area contributed by atoms with Gasteiger partial charge in [-0.2, -0.15) is 0 Å². The number of nitrogens with one attached hydrogen (secondary N) is 1. The van der Waals surface area contributed by atoms with Crippen molar-refractivity contribution in [2.75, 3.05) is 18.0 Å². The molecule has 17 heavy (non-hydrogen) atoms. The number of aromatic nitrogens is 2. The van der Waals surface area contributed by atoms with Gasteiger partial charge in [0.25, 0.3) is 0 Å². The maximum atomic E-state index is 7.28. The minimum Gasteiger partial charge on any atom is -0.388 e. The first kappa shape index (κ1) is 14.1. The van der Waals surface area contributed by atoms with Crippen molar-refractivity contribution in [3.05, 3.63) is 16.0 Å². The molecule has 3 N–H and O–H groups in total. The molecule has 5 nitrogen and oxygen atoms in total. The van der Waals surface area contributed by atoms with Crippen LogP contribution in [0.2, 0.25) is 0 Å². The molecular formula is C11H18IN5. The van der Waals surface area contributed by atoms with E-state index >= 15 is 0 Å². The maximum Gasteiger partial charge on any atom is 0.225 e. The molecule has 0 unspecified atom stereocenters. The van der Waals surface area contributed by atoms with Gasteiger partial charge in [-0.15, -0.1) is 0 Å². The van der Waals surface area contributed by atoms with Crippen molar-refractivity contribution in [1.82, 2.24) is 9.97 Å². The van der Waals surface area contributed by atoms with E-state index in [9.17, 15) is 0 Å². The molecule has 1 aromatic rings. The summed E-state index contributed by atoms with van der Waals surface area (Å²) in [6.45, 7) is 5.85. The van der Waals surface area contributed by atoms with Gasteiger partial charge in [-0.05, 0) is 28.5 Å². The zero-order chi connectivity index (χ0) is 12.8. The van der Waals surface area contributed by atoms with E-state index < -0.39 is 0 Å². The average Bonchev–Trinajstić information content (AvgIpc) is 2.25. The third-order valence-corrected chi connectivity index (χ3v) is 2.68. The Morgan fingerprint density at radius 2 is 2.06 bits per heavy atom. The first-order chi connectivity index (χ1) is 7.99. The quantitative estimate of drug-likeness (QED) is 0.468. The van der Waals surface area contributed by atoms with Gasteiger partial charge in [0, 0.05) is 35.5 Å². The van der Waals surface area contributed by atoms with Gasteiger partial charge in [0.05, 0.1) is 5.84 Å². The number of rotatable bonds is 6. The molecule has 0 atom stereocenters. The van der Waals surface area contributed by atoms with Crippen molar-refractivity contribution < 1.29 is 0 Å². The van der Waals surface area contributed by atoms with Crippen LogP contribution in [0.25, 0.3) is 0 Å². The van der Waals surface area contributed by atoms with E-state index in [1.165, 1.54) is 0 Å². The van der Waals surface area contributed by atoms with Gasteiger partial charge in [0.15, 0.2) is 0 Å². The van der Waals surface area contributed by atoms with Gasteiger partial charge >= 0.3 is 0 Å². The average molecular weight is 347 g/mol. The zero-order valence-electron chi connectivity index (χ0n) is 10.2. The number of anilines is 1. The lowest BCUT2D eigenvalue weighted by molar-refractivity contribution is 0.603. The van der Waals surface area contributed by atoms with Crippen LogP contribution in [0.3, 0.4) is 0 Å². The van der Waals surface area contributed by atoms with Crippen LogP contribution in [0.4, 0.5) is 5.95 Å². The minimum atomic E-state index is 0.198. The summed E-state index contributed by atoms with van der Waals surface area (Å²) < 4.78 is 1.02. The Hall–Kier alpha value is -0.920. The molecule has 0 fully saturated rings. The van der Waals surface area contributed by atoms with Crippen LogP contribution < -0.4 is 10.6 Å². The normalized spacial score (nSPS) is 10.6. The van der Waals surface area contributed by atoms with E-state index in [0.29, 0.717) is 24.8 Å². The van der Waals surface area contributed by atoms with Crippen LogP contribution in [0.5, 0.6) is 0 Å². The Balaban J connectivity index is 2.74.